The van der Waals surface area contributed by atoms with Gasteiger partial charge in [0.05, 0.1) is 12.0 Å². The molecule has 3 rings (SSSR count). The van der Waals surface area contributed by atoms with E-state index in [1.807, 2.05) is 0 Å². The van der Waals surface area contributed by atoms with Crippen molar-refractivity contribution >= 4 is 23.8 Å². The van der Waals surface area contributed by atoms with Crippen LogP contribution in [0.2, 0.25) is 0 Å². The number of hydrogen-bond donors (Lipinski definition) is 2. The lowest BCUT2D eigenvalue weighted by Crippen LogP contribution is -2.62. The molecule has 3 amide bonds. The summed E-state index contributed by atoms with van der Waals surface area (Å²) in [5.74, 6) is 1.65. The highest BCUT2D eigenvalue weighted by Gasteiger charge is 2.48. The number of anilines is 1. The van der Waals surface area contributed by atoms with Gasteiger partial charge in [-0.05, 0) is 43.3 Å². The van der Waals surface area contributed by atoms with Crippen LogP contribution in [-0.4, -0.2) is 35.6 Å². The fraction of sp³-hybridized carbons (Fsp3) is 0.174. The second-order valence-electron chi connectivity index (χ2n) is 7.33. The summed E-state index contributed by atoms with van der Waals surface area (Å²) in [6, 6.07) is 6.09. The fourth-order valence-electron chi connectivity index (χ4n) is 3.39. The highest BCUT2D eigenvalue weighted by molar-refractivity contribution is 6.17. The Labute approximate surface area is 182 Å². The van der Waals surface area contributed by atoms with E-state index >= 15 is 0 Å². The van der Waals surface area contributed by atoms with Gasteiger partial charge in [-0.1, -0.05) is 11.8 Å². The van der Waals surface area contributed by atoms with Crippen molar-refractivity contribution in [2.75, 3.05) is 11.9 Å². The van der Waals surface area contributed by atoms with Crippen LogP contribution in [0.1, 0.15) is 24.5 Å². The molecule has 2 aromatic carbocycles. The number of carbonyl (C=O) groups excluding carboxylic acids is 2. The molecule has 1 heterocycles. The van der Waals surface area contributed by atoms with Crippen molar-refractivity contribution in [3.63, 3.8) is 0 Å². The maximum absolute atomic E-state index is 14.8. The van der Waals surface area contributed by atoms with Gasteiger partial charge < -0.3 is 16.0 Å². The van der Waals surface area contributed by atoms with Gasteiger partial charge in [-0.25, -0.2) is 22.9 Å². The average Bonchev–Trinajstić information content (AvgIpc) is 2.74. The number of nitrogens with zero attached hydrogens (tertiary/aromatic N) is 2. The highest BCUT2D eigenvalue weighted by Crippen LogP contribution is 2.36. The van der Waals surface area contributed by atoms with Gasteiger partial charge in [-0.2, -0.15) is 0 Å². The number of carbonyl (C=O) groups is 2. The Morgan fingerprint density at radius 1 is 1.09 bits per heavy atom. The molecule has 0 aromatic heterocycles. The monoisotopic (exact) mass is 440 g/mol. The predicted molar refractivity (Wildman–Crippen MR) is 113 cm³/mol. The third-order valence-corrected chi connectivity index (χ3v) is 5.36. The van der Waals surface area contributed by atoms with Crippen LogP contribution < -0.4 is 10.6 Å². The normalized spacial score (nSPS) is 19.0. The first kappa shape index (κ1) is 22.6. The number of urea groups is 1. The van der Waals surface area contributed by atoms with Gasteiger partial charge in [0.1, 0.15) is 11.5 Å². The number of rotatable bonds is 3. The van der Waals surface area contributed by atoms with E-state index < -0.39 is 40.6 Å². The van der Waals surface area contributed by atoms with Crippen LogP contribution in [0.15, 0.2) is 48.2 Å². The molecular formula is C23H19F3N4O2. The molecule has 1 aliphatic rings. The van der Waals surface area contributed by atoms with Gasteiger partial charge in [0.25, 0.3) is 0 Å². The zero-order valence-electron chi connectivity index (χ0n) is 17.2. The van der Waals surface area contributed by atoms with E-state index in [-0.39, 0.29) is 17.6 Å². The second kappa shape index (κ2) is 8.59. The third kappa shape index (κ3) is 3.95. The maximum atomic E-state index is 14.8. The summed E-state index contributed by atoms with van der Waals surface area (Å²) in [5, 5.41) is 7.47. The Morgan fingerprint density at radius 2 is 1.66 bits per heavy atom. The van der Waals surface area contributed by atoms with Crippen molar-refractivity contribution in [2.24, 2.45) is 5.73 Å². The van der Waals surface area contributed by atoms with E-state index in [9.17, 15) is 22.8 Å². The molecule has 0 saturated carbocycles. The first-order valence-corrected chi connectivity index (χ1v) is 9.42. The first-order valence-electron chi connectivity index (χ1n) is 9.42. The lowest BCUT2D eigenvalue weighted by atomic mass is 9.85. The van der Waals surface area contributed by atoms with Crippen LogP contribution in [0, 0.1) is 34.7 Å². The SMILES string of the molecule is CN1C(=O)N(c2c(F)cc(C#Cc3ccc(F)cc3)cc2F)C(=O)C[C@@]1(C)/C(C=N)=C/N. The fourth-order valence-corrected chi connectivity index (χ4v) is 3.39. The van der Waals surface area contributed by atoms with E-state index in [1.165, 1.54) is 38.2 Å². The smallest absolute Gasteiger partial charge is 0.332 e. The van der Waals surface area contributed by atoms with Crippen molar-refractivity contribution in [2.45, 2.75) is 18.9 Å². The Balaban J connectivity index is 1.97. The van der Waals surface area contributed by atoms with Gasteiger partial charge in [0.15, 0.2) is 11.6 Å². The molecule has 3 N–H and O–H groups in total. The van der Waals surface area contributed by atoms with Crippen molar-refractivity contribution < 1.29 is 22.8 Å². The topological polar surface area (TPSA) is 90.5 Å². The predicted octanol–water partition coefficient (Wildman–Crippen LogP) is 3.54. The average molecular weight is 440 g/mol. The first-order chi connectivity index (χ1) is 15.1. The summed E-state index contributed by atoms with van der Waals surface area (Å²) in [5.41, 5.74) is 4.07. The van der Waals surface area contributed by atoms with Gasteiger partial charge >= 0.3 is 6.03 Å². The van der Waals surface area contributed by atoms with E-state index in [4.69, 9.17) is 11.1 Å². The number of benzene rings is 2. The van der Waals surface area contributed by atoms with Gasteiger partial charge in [-0.3, -0.25) is 4.79 Å². The lowest BCUT2D eigenvalue weighted by molar-refractivity contribution is -0.121. The second-order valence-corrected chi connectivity index (χ2v) is 7.33. The Morgan fingerprint density at radius 3 is 2.19 bits per heavy atom. The molecule has 0 radical (unpaired) electrons. The maximum Gasteiger partial charge on any atom is 0.332 e. The van der Waals surface area contributed by atoms with E-state index in [2.05, 4.69) is 11.8 Å². The summed E-state index contributed by atoms with van der Waals surface area (Å²) in [6.07, 6.45) is 1.69. The molecular weight excluding hydrogens is 421 g/mol. The molecule has 6 nitrogen and oxygen atoms in total. The van der Waals surface area contributed by atoms with Crippen molar-refractivity contribution in [1.29, 1.82) is 5.41 Å². The van der Waals surface area contributed by atoms with Gasteiger partial charge in [0.2, 0.25) is 5.91 Å². The summed E-state index contributed by atoms with van der Waals surface area (Å²) in [4.78, 5) is 27.2. The summed E-state index contributed by atoms with van der Waals surface area (Å²) in [7, 11) is 1.35. The zero-order chi connectivity index (χ0) is 23.6. The third-order valence-electron chi connectivity index (χ3n) is 5.36. The number of hydrogen-bond acceptors (Lipinski definition) is 4. The van der Waals surface area contributed by atoms with Gasteiger partial charge in [-0.15, -0.1) is 0 Å². The molecule has 0 spiro atoms. The Kier molecular flexibility index (Phi) is 6.07. The van der Waals surface area contributed by atoms with Crippen molar-refractivity contribution in [1.82, 2.24) is 4.90 Å². The van der Waals surface area contributed by atoms with Gasteiger partial charge in [0, 0.05) is 36.2 Å². The van der Waals surface area contributed by atoms with Crippen molar-refractivity contribution in [3.8, 4) is 11.8 Å². The Hall–Kier alpha value is -4.06. The minimum atomic E-state index is -1.24. The molecule has 0 bridgehead atoms. The zero-order valence-corrected chi connectivity index (χ0v) is 17.2. The molecule has 2 aromatic rings. The van der Waals surface area contributed by atoms with Crippen LogP contribution in [0.3, 0.4) is 0 Å². The van der Waals surface area contributed by atoms with Crippen LogP contribution in [-0.2, 0) is 4.79 Å². The minimum Gasteiger partial charge on any atom is -0.404 e. The van der Waals surface area contributed by atoms with Crippen molar-refractivity contribution in [3.05, 3.63) is 76.7 Å². The molecule has 32 heavy (non-hydrogen) atoms. The summed E-state index contributed by atoms with van der Waals surface area (Å²) < 4.78 is 42.7. The lowest BCUT2D eigenvalue weighted by Gasteiger charge is -2.45. The molecule has 1 fully saturated rings. The summed E-state index contributed by atoms with van der Waals surface area (Å²) in [6.45, 7) is 1.53. The highest BCUT2D eigenvalue weighted by atomic mass is 19.1. The standard InChI is InChI=1S/C23H19F3N4O2/c1-23(16(12-27)13-28)11-20(31)30(22(32)29(23)2)21-18(25)9-15(10-19(21)26)4-3-14-5-7-17(24)8-6-14/h5-10,12-13,27H,11,28H2,1-2H3/b16-13+,27-12?/t23-/m0/s1. The van der Waals surface area contributed by atoms with E-state index in [0.29, 0.717) is 10.5 Å². The molecule has 0 aliphatic carbocycles. The Bertz CT molecular complexity index is 1170. The number of imide groups is 1. The largest absolute Gasteiger partial charge is 0.404 e. The van der Waals surface area contributed by atoms with E-state index in [0.717, 1.165) is 29.4 Å². The van der Waals surface area contributed by atoms with Crippen LogP contribution >= 0.6 is 0 Å². The number of halogens is 3. The molecule has 1 aliphatic heterocycles. The summed E-state index contributed by atoms with van der Waals surface area (Å²) >= 11 is 0. The molecule has 164 valence electrons. The quantitative estimate of drug-likeness (QED) is 0.565. The number of likely N-dealkylation sites (N-methyl/N-ethyl adjacent to an activating group) is 1. The molecule has 0 unspecified atom stereocenters. The van der Waals surface area contributed by atoms with E-state index in [1.54, 1.807) is 0 Å². The molecule has 1 atom stereocenters. The number of amides is 3. The number of nitrogens with one attached hydrogen (secondary N) is 1. The number of nitrogens with two attached hydrogens (primary N) is 1. The van der Waals surface area contributed by atoms with Crippen LogP contribution in [0.25, 0.3) is 0 Å². The molecule has 9 heteroatoms. The minimum absolute atomic E-state index is 0.0275. The molecule has 1 saturated heterocycles. The van der Waals surface area contributed by atoms with Crippen LogP contribution in [0.4, 0.5) is 23.7 Å². The van der Waals surface area contributed by atoms with Crippen LogP contribution in [0.5, 0.6) is 0 Å².